The van der Waals surface area contributed by atoms with Gasteiger partial charge < -0.3 is 9.32 Å². The summed E-state index contributed by atoms with van der Waals surface area (Å²) in [4.78, 5) is 13.1. The zero-order valence-electron chi connectivity index (χ0n) is 10.4. The summed E-state index contributed by atoms with van der Waals surface area (Å²) in [6.07, 6.45) is 4.98. The Hall–Kier alpha value is -1.55. The van der Waals surface area contributed by atoms with Gasteiger partial charge in [-0.2, -0.15) is 0 Å². The minimum atomic E-state index is 0.573. The van der Waals surface area contributed by atoms with Crippen LogP contribution in [0.2, 0.25) is 0 Å². The van der Waals surface area contributed by atoms with Crippen molar-refractivity contribution in [3.8, 4) is 0 Å². The minimum Gasteiger partial charge on any atom is -0.467 e. The van der Waals surface area contributed by atoms with Gasteiger partial charge in [-0.1, -0.05) is 0 Å². The number of carbonyl (C=O) groups is 1. The summed E-state index contributed by atoms with van der Waals surface area (Å²) in [5, 5.41) is 0. The first-order chi connectivity index (χ1) is 9.28. The summed E-state index contributed by atoms with van der Waals surface area (Å²) >= 11 is 3.56. The first kappa shape index (κ1) is 12.5. The molecule has 1 aromatic heterocycles. The second-order valence-electron chi connectivity index (χ2n) is 4.77. The molecule has 0 amide bonds. The predicted molar refractivity (Wildman–Crippen MR) is 77.4 cm³/mol. The number of rotatable bonds is 5. The highest BCUT2D eigenvalue weighted by atomic mass is 79.9. The summed E-state index contributed by atoms with van der Waals surface area (Å²) in [5.74, 6) is 0.957. The number of nitrogens with zero attached hydrogens (tertiary/aromatic N) is 1. The fourth-order valence-corrected chi connectivity index (χ4v) is 2.82. The second-order valence-corrected chi connectivity index (χ2v) is 5.62. The Balaban J connectivity index is 1.89. The van der Waals surface area contributed by atoms with E-state index in [4.69, 9.17) is 4.42 Å². The molecule has 0 atom stereocenters. The summed E-state index contributed by atoms with van der Waals surface area (Å²) < 4.78 is 6.39. The largest absolute Gasteiger partial charge is 0.467 e. The van der Waals surface area contributed by atoms with Gasteiger partial charge >= 0.3 is 0 Å². The van der Waals surface area contributed by atoms with Gasteiger partial charge in [-0.25, -0.2) is 0 Å². The number of benzene rings is 1. The van der Waals surface area contributed by atoms with Crippen LogP contribution < -0.4 is 4.90 Å². The number of carbonyl (C=O) groups excluding carboxylic acids is 1. The van der Waals surface area contributed by atoms with Gasteiger partial charge in [0.05, 0.1) is 18.5 Å². The van der Waals surface area contributed by atoms with Gasteiger partial charge in [-0.05, 0) is 59.1 Å². The summed E-state index contributed by atoms with van der Waals surface area (Å²) in [6, 6.07) is 10.2. The molecule has 0 bridgehead atoms. The highest BCUT2D eigenvalue weighted by Gasteiger charge is 2.30. The number of anilines is 1. The lowest BCUT2D eigenvalue weighted by atomic mass is 10.2. The fourth-order valence-electron chi connectivity index (χ4n) is 2.20. The molecule has 98 valence electrons. The molecule has 1 aliphatic carbocycles. The monoisotopic (exact) mass is 319 g/mol. The number of halogens is 1. The Kier molecular flexibility index (Phi) is 3.42. The third-order valence-corrected chi connectivity index (χ3v) is 3.95. The number of hydrogen-bond acceptors (Lipinski definition) is 3. The molecule has 1 fully saturated rings. The van der Waals surface area contributed by atoms with Crippen molar-refractivity contribution in [2.75, 3.05) is 4.90 Å². The lowest BCUT2D eigenvalue weighted by molar-refractivity contribution is 0.112. The Morgan fingerprint density at radius 2 is 2.21 bits per heavy atom. The average Bonchev–Trinajstić information content (AvgIpc) is 3.14. The van der Waals surface area contributed by atoms with Crippen molar-refractivity contribution in [1.82, 2.24) is 0 Å². The van der Waals surface area contributed by atoms with Crippen molar-refractivity contribution < 1.29 is 9.21 Å². The van der Waals surface area contributed by atoms with Crippen molar-refractivity contribution in [1.29, 1.82) is 0 Å². The lowest BCUT2D eigenvalue weighted by Crippen LogP contribution is -2.25. The Morgan fingerprint density at radius 1 is 1.37 bits per heavy atom. The molecule has 3 nitrogen and oxygen atoms in total. The molecule has 4 heteroatoms. The van der Waals surface area contributed by atoms with E-state index in [1.807, 2.05) is 30.3 Å². The molecule has 0 spiro atoms. The molecule has 2 aromatic rings. The summed E-state index contributed by atoms with van der Waals surface area (Å²) in [7, 11) is 0. The predicted octanol–water partition coefficient (Wildman–Crippen LogP) is 4.02. The quantitative estimate of drug-likeness (QED) is 0.780. The number of hydrogen-bond donors (Lipinski definition) is 0. The van der Waals surface area contributed by atoms with Crippen LogP contribution in [-0.4, -0.2) is 12.3 Å². The van der Waals surface area contributed by atoms with Crippen molar-refractivity contribution in [3.05, 3.63) is 52.4 Å². The number of aldehydes is 1. The molecular weight excluding hydrogens is 306 g/mol. The first-order valence-electron chi connectivity index (χ1n) is 6.31. The van der Waals surface area contributed by atoms with Crippen LogP contribution in [-0.2, 0) is 6.54 Å². The van der Waals surface area contributed by atoms with Gasteiger partial charge in [0, 0.05) is 16.1 Å². The van der Waals surface area contributed by atoms with Crippen LogP contribution in [0.4, 0.5) is 5.69 Å². The van der Waals surface area contributed by atoms with Gasteiger partial charge in [-0.3, -0.25) is 4.79 Å². The van der Waals surface area contributed by atoms with E-state index in [0.717, 1.165) is 28.8 Å². The number of furan rings is 1. The van der Waals surface area contributed by atoms with Crippen molar-refractivity contribution in [2.45, 2.75) is 25.4 Å². The molecule has 3 rings (SSSR count). The molecule has 0 unspecified atom stereocenters. The molecule has 19 heavy (non-hydrogen) atoms. The molecular formula is C15H14BrNO2. The van der Waals surface area contributed by atoms with E-state index < -0.39 is 0 Å². The van der Waals surface area contributed by atoms with Crippen LogP contribution >= 0.6 is 15.9 Å². The zero-order valence-corrected chi connectivity index (χ0v) is 12.0. The SMILES string of the molecule is O=Cc1ccc(N(Cc2ccco2)C2CC2)c(Br)c1. The van der Waals surface area contributed by atoms with Gasteiger partial charge in [0.1, 0.15) is 12.0 Å². The van der Waals surface area contributed by atoms with E-state index >= 15 is 0 Å². The molecule has 0 radical (unpaired) electrons. The summed E-state index contributed by atoms with van der Waals surface area (Å²) in [5.41, 5.74) is 1.80. The van der Waals surface area contributed by atoms with Crippen molar-refractivity contribution >= 4 is 27.9 Å². The maximum atomic E-state index is 10.8. The van der Waals surface area contributed by atoms with Crippen molar-refractivity contribution in [2.24, 2.45) is 0 Å². The topological polar surface area (TPSA) is 33.5 Å². The minimum absolute atomic E-state index is 0.573. The van der Waals surface area contributed by atoms with Gasteiger partial charge in [0.15, 0.2) is 0 Å². The maximum absolute atomic E-state index is 10.8. The van der Waals surface area contributed by atoms with E-state index in [9.17, 15) is 4.79 Å². The highest BCUT2D eigenvalue weighted by Crippen LogP contribution is 2.37. The third-order valence-electron chi connectivity index (χ3n) is 3.31. The van der Waals surface area contributed by atoms with Gasteiger partial charge in [-0.15, -0.1) is 0 Å². The molecule has 0 aliphatic heterocycles. The van der Waals surface area contributed by atoms with Crippen LogP contribution in [0.3, 0.4) is 0 Å². The smallest absolute Gasteiger partial charge is 0.150 e. The maximum Gasteiger partial charge on any atom is 0.150 e. The van der Waals surface area contributed by atoms with Crippen LogP contribution in [0.25, 0.3) is 0 Å². The van der Waals surface area contributed by atoms with Crippen LogP contribution in [0, 0.1) is 0 Å². The van der Waals surface area contributed by atoms with E-state index in [-0.39, 0.29) is 0 Å². The highest BCUT2D eigenvalue weighted by molar-refractivity contribution is 9.10. The van der Waals surface area contributed by atoms with Gasteiger partial charge in [0.25, 0.3) is 0 Å². The summed E-state index contributed by atoms with van der Waals surface area (Å²) in [6.45, 7) is 0.761. The van der Waals surface area contributed by atoms with E-state index in [2.05, 4.69) is 20.8 Å². The van der Waals surface area contributed by atoms with Crippen LogP contribution in [0.1, 0.15) is 29.0 Å². The van der Waals surface area contributed by atoms with Crippen molar-refractivity contribution in [3.63, 3.8) is 0 Å². The first-order valence-corrected chi connectivity index (χ1v) is 7.11. The van der Waals surface area contributed by atoms with E-state index in [1.54, 1.807) is 6.26 Å². The zero-order chi connectivity index (χ0) is 13.2. The standard InChI is InChI=1S/C15H14BrNO2/c16-14-8-11(10-18)3-6-15(14)17(12-4-5-12)9-13-2-1-7-19-13/h1-3,6-8,10,12H,4-5,9H2. The molecule has 0 saturated heterocycles. The Morgan fingerprint density at radius 3 is 2.79 bits per heavy atom. The molecule has 0 N–H and O–H groups in total. The Bertz CT molecular complexity index is 576. The molecule has 1 heterocycles. The third kappa shape index (κ3) is 2.73. The average molecular weight is 320 g/mol. The van der Waals surface area contributed by atoms with Crippen LogP contribution in [0.15, 0.2) is 45.5 Å². The van der Waals surface area contributed by atoms with Crippen LogP contribution in [0.5, 0.6) is 0 Å². The molecule has 1 aromatic carbocycles. The van der Waals surface area contributed by atoms with E-state index in [0.29, 0.717) is 11.6 Å². The lowest BCUT2D eigenvalue weighted by Gasteiger charge is -2.25. The van der Waals surface area contributed by atoms with Gasteiger partial charge in [0.2, 0.25) is 0 Å². The second kappa shape index (κ2) is 5.21. The Labute approximate surface area is 120 Å². The fraction of sp³-hybridized carbons (Fsp3) is 0.267. The normalized spacial score (nSPS) is 14.4. The van der Waals surface area contributed by atoms with E-state index in [1.165, 1.54) is 12.8 Å². The molecule has 1 saturated carbocycles. The molecule has 1 aliphatic rings.